The van der Waals surface area contributed by atoms with Crippen LogP contribution in [0, 0.1) is 12.8 Å². The molecule has 5 aromatic rings. The number of nitrogens with two attached hydrogens (primary N) is 1. The fraction of sp³-hybridized carbons (Fsp3) is 0.459. The number of primary amides is 1. The first-order chi connectivity index (χ1) is 41.3. The maximum atomic E-state index is 14.4. The minimum Gasteiger partial charge on any atom is -0.492 e. The van der Waals surface area contributed by atoms with E-state index in [0.29, 0.717) is 55.0 Å². The number of alkyl halides is 1. The molecule has 8 rings (SSSR count). The van der Waals surface area contributed by atoms with Gasteiger partial charge in [-0.3, -0.25) is 38.6 Å². The monoisotopic (exact) mass is 1220 g/mol. The number of aromatic amines is 1. The van der Waals surface area contributed by atoms with Gasteiger partial charge in [0.25, 0.3) is 17.7 Å². The number of nitrogens with zero attached hydrogens (tertiary/aromatic N) is 5. The number of likely N-dealkylation sites (tertiary alicyclic amines) is 1. The summed E-state index contributed by atoms with van der Waals surface area (Å²) < 4.78 is 18.6. The van der Waals surface area contributed by atoms with E-state index in [9.17, 15) is 43.2 Å². The van der Waals surface area contributed by atoms with Crippen molar-refractivity contribution in [1.29, 1.82) is 0 Å². The molecule has 10 amide bonds. The lowest BCUT2D eigenvalue weighted by atomic mass is 10.0. The Morgan fingerprint density at radius 1 is 0.849 bits per heavy atom. The van der Waals surface area contributed by atoms with Crippen molar-refractivity contribution in [3.05, 3.63) is 94.5 Å². The van der Waals surface area contributed by atoms with Crippen LogP contribution in [-0.2, 0) is 35.3 Å². The third-order valence-electron chi connectivity index (χ3n) is 15.4. The third-order valence-corrected chi connectivity index (χ3v) is 16.8. The molecule has 23 nitrogen and oxygen atoms in total. The topological polar surface area (TPSA) is 287 Å². The van der Waals surface area contributed by atoms with Crippen molar-refractivity contribution < 1.29 is 57.4 Å². The maximum absolute atomic E-state index is 14.4. The normalized spacial score (nSPS) is 15.5. The number of imide groups is 1. The first-order valence-corrected chi connectivity index (χ1v) is 30.4. The van der Waals surface area contributed by atoms with Crippen LogP contribution in [0.25, 0.3) is 21.0 Å². The highest BCUT2D eigenvalue weighted by atomic mass is 35.5. The fourth-order valence-electron chi connectivity index (χ4n) is 10.5. The molecule has 460 valence electrons. The van der Waals surface area contributed by atoms with Crippen LogP contribution < -0.4 is 41.4 Å². The zero-order valence-electron chi connectivity index (χ0n) is 49.2. The number of fused-ring (bicyclic) bond motifs is 4. The zero-order chi connectivity index (χ0) is 61.6. The molecule has 7 N–H and O–H groups in total. The van der Waals surface area contributed by atoms with Crippen LogP contribution in [0.2, 0.25) is 0 Å². The number of halogens is 1. The van der Waals surface area contributed by atoms with Gasteiger partial charge in [0.15, 0.2) is 0 Å². The van der Waals surface area contributed by atoms with E-state index in [1.165, 1.54) is 41.8 Å². The maximum Gasteiger partial charge on any atom is 0.415 e. The van der Waals surface area contributed by atoms with Crippen molar-refractivity contribution >= 4 is 109 Å². The summed E-state index contributed by atoms with van der Waals surface area (Å²) in [6.07, 6.45) is 5.60. The molecule has 3 aliphatic rings. The van der Waals surface area contributed by atoms with Crippen molar-refractivity contribution in [2.75, 3.05) is 89.2 Å². The van der Waals surface area contributed by atoms with E-state index < -0.39 is 42.1 Å². The van der Waals surface area contributed by atoms with Crippen LogP contribution in [0.3, 0.4) is 0 Å². The lowest BCUT2D eigenvalue weighted by Gasteiger charge is -2.25. The molecule has 0 bridgehead atoms. The highest BCUT2D eigenvalue weighted by Crippen LogP contribution is 2.49. The first-order valence-electron chi connectivity index (χ1n) is 29.1. The molecule has 5 heterocycles. The fourth-order valence-corrected chi connectivity index (χ4v) is 11.9. The van der Waals surface area contributed by atoms with Crippen molar-refractivity contribution in [2.24, 2.45) is 11.7 Å². The summed E-state index contributed by atoms with van der Waals surface area (Å²) in [4.78, 5) is 129. The number of rotatable bonds is 28. The molecule has 1 saturated heterocycles. The summed E-state index contributed by atoms with van der Waals surface area (Å²) in [5.41, 5.74) is 8.94. The first kappa shape index (κ1) is 63.8. The van der Waals surface area contributed by atoms with Gasteiger partial charge in [-0.2, -0.15) is 0 Å². The number of carbonyl (C=O) groups is 9. The van der Waals surface area contributed by atoms with Gasteiger partial charge in [0.2, 0.25) is 17.7 Å². The largest absolute Gasteiger partial charge is 0.492 e. The summed E-state index contributed by atoms with van der Waals surface area (Å²) >= 11 is 8.14. The molecular formula is C61H76ClN11O12S. The van der Waals surface area contributed by atoms with Crippen LogP contribution in [0.4, 0.5) is 25.8 Å². The summed E-state index contributed by atoms with van der Waals surface area (Å²) in [6, 6.07) is 15.0. The van der Waals surface area contributed by atoms with Gasteiger partial charge in [0, 0.05) is 127 Å². The number of H-pyrrole nitrogens is 1. The number of aromatic nitrogens is 1. The quantitative estimate of drug-likeness (QED) is 0.0163. The molecule has 0 radical (unpaired) electrons. The molecule has 86 heavy (non-hydrogen) atoms. The molecule has 3 aromatic carbocycles. The van der Waals surface area contributed by atoms with Crippen LogP contribution in [0.1, 0.15) is 97.6 Å². The van der Waals surface area contributed by atoms with E-state index in [2.05, 4.69) is 31.2 Å². The summed E-state index contributed by atoms with van der Waals surface area (Å²) in [7, 11) is 3.10. The number of ether oxygens (including phenoxy) is 3. The van der Waals surface area contributed by atoms with Gasteiger partial charge in [0.1, 0.15) is 42.5 Å². The minimum absolute atomic E-state index is 0.0879. The second kappa shape index (κ2) is 29.7. The number of aryl methyl sites for hydroxylation is 1. The van der Waals surface area contributed by atoms with E-state index >= 15 is 0 Å². The van der Waals surface area contributed by atoms with E-state index in [1.807, 2.05) is 37.3 Å². The number of nitrogens with one attached hydrogen (secondary N) is 5. The number of carbonyl (C=O) groups excluding carboxylic acids is 9. The number of unbranched alkanes of at least 4 members (excludes halogenated alkanes) is 2. The standard InChI is InChI=1S/C61H76ClN11O12S/c1-37(2)54(68-50(74)13-7-6-8-25-72-51(75)20-21-52(72)76)57(78)67-46(12-11-22-64-59(63)80)56(77)65-42-16-14-39(15-17-42)36-84-60(81)69(4)26-27-70(5)61(82)85-49-33-48-53(55-44(49)30-38(3)86-55)41(34-62)35-73(48)58(79)47-32-40-31-43(18-19-45(40)66-47)83-29-28-71-23-9-10-24-71/h14-21,30-33,37,41,46,54,66H,6-13,22-29,34-36H2,1-5H3,(H,65,77)(H,67,78)(H,68,74)(H3,63,64,80). The SMILES string of the molecule is Cc1cc2c(OC(=O)N(C)CCN(C)C(=O)OCc3ccc(NC(=O)C(CCCNC(N)=O)NC(=O)C(NC(=O)CCCCCN4C(=O)C=CC4=O)C(C)C)cc3)cc3c(c2s1)C(CCl)CN3C(=O)c1cc2cc(OCCN3CCCC3)ccc2[nH]1. The average molecular weight is 1220 g/mol. The van der Waals surface area contributed by atoms with Gasteiger partial charge in [-0.15, -0.1) is 22.9 Å². The van der Waals surface area contributed by atoms with Crippen LogP contribution >= 0.6 is 22.9 Å². The van der Waals surface area contributed by atoms with Crippen molar-refractivity contribution in [2.45, 2.75) is 96.7 Å². The zero-order valence-corrected chi connectivity index (χ0v) is 50.7. The third kappa shape index (κ3) is 16.6. The Bertz CT molecular complexity index is 3320. The highest BCUT2D eigenvalue weighted by Gasteiger charge is 2.37. The molecular weight excluding hydrogens is 1150 g/mol. The number of anilines is 2. The Hall–Kier alpha value is -8.22. The average Bonchev–Trinajstić information content (AvgIpc) is 1.69. The number of hydrogen-bond donors (Lipinski definition) is 6. The number of benzene rings is 3. The molecule has 3 aliphatic heterocycles. The molecule has 25 heteroatoms. The summed E-state index contributed by atoms with van der Waals surface area (Å²) in [6.45, 7) is 9.91. The second-order valence-corrected chi connectivity index (χ2v) is 23.8. The summed E-state index contributed by atoms with van der Waals surface area (Å²) in [5.74, 6) is -1.71. The molecule has 3 atom stereocenters. The van der Waals surface area contributed by atoms with E-state index in [0.717, 1.165) is 61.7 Å². The number of hydrogen-bond acceptors (Lipinski definition) is 14. The predicted octanol–water partition coefficient (Wildman–Crippen LogP) is 7.35. The van der Waals surface area contributed by atoms with Crippen molar-refractivity contribution in [3.63, 3.8) is 0 Å². The van der Waals surface area contributed by atoms with Gasteiger partial charge in [-0.05, 0) is 112 Å². The van der Waals surface area contributed by atoms with Crippen LogP contribution in [-0.4, -0.2) is 169 Å². The van der Waals surface area contributed by atoms with E-state index in [1.54, 1.807) is 67.5 Å². The molecule has 0 spiro atoms. The minimum atomic E-state index is -1.08. The van der Waals surface area contributed by atoms with E-state index in [-0.39, 0.29) is 99.1 Å². The number of likely N-dealkylation sites (N-methyl/N-ethyl adjacent to an activating group) is 2. The number of amides is 10. The Kier molecular flexibility index (Phi) is 22.1. The molecule has 2 aromatic heterocycles. The predicted molar refractivity (Wildman–Crippen MR) is 328 cm³/mol. The van der Waals surface area contributed by atoms with Crippen LogP contribution in [0.15, 0.2) is 72.8 Å². The van der Waals surface area contributed by atoms with Gasteiger partial charge < -0.3 is 60.9 Å². The van der Waals surface area contributed by atoms with Crippen molar-refractivity contribution in [3.8, 4) is 11.5 Å². The molecule has 3 unspecified atom stereocenters. The molecule has 0 aliphatic carbocycles. The smallest absolute Gasteiger partial charge is 0.415 e. The van der Waals surface area contributed by atoms with E-state index in [4.69, 9.17) is 31.5 Å². The highest BCUT2D eigenvalue weighted by molar-refractivity contribution is 7.19. The molecule has 0 saturated carbocycles. The number of urea groups is 1. The van der Waals surface area contributed by atoms with Gasteiger partial charge in [-0.25, -0.2) is 14.4 Å². The van der Waals surface area contributed by atoms with Crippen LogP contribution in [0.5, 0.6) is 11.5 Å². The lowest BCUT2D eigenvalue weighted by Crippen LogP contribution is -2.54. The Morgan fingerprint density at radius 2 is 1.57 bits per heavy atom. The second-order valence-electron chi connectivity index (χ2n) is 22.2. The van der Waals surface area contributed by atoms with Gasteiger partial charge in [0.05, 0.1) is 5.69 Å². The number of thiophene rings is 1. The van der Waals surface area contributed by atoms with Gasteiger partial charge >= 0.3 is 18.2 Å². The summed E-state index contributed by atoms with van der Waals surface area (Å²) in [5, 5.41) is 12.4. The molecule has 1 fully saturated rings. The Balaban J connectivity index is 0.811. The van der Waals surface area contributed by atoms with Crippen molar-refractivity contribution in [1.82, 2.24) is 40.5 Å². The Labute approximate surface area is 508 Å². The van der Waals surface area contributed by atoms with Gasteiger partial charge in [-0.1, -0.05) is 32.4 Å². The Morgan fingerprint density at radius 3 is 2.27 bits per heavy atom. The lowest BCUT2D eigenvalue weighted by molar-refractivity contribution is -0.137.